The van der Waals surface area contributed by atoms with E-state index in [1.165, 1.54) is 17.8 Å². The molecule has 0 radical (unpaired) electrons. The molecule has 0 spiro atoms. The van der Waals surface area contributed by atoms with Gasteiger partial charge >= 0.3 is 0 Å². The van der Waals surface area contributed by atoms with E-state index in [1.54, 1.807) is 35.9 Å². The highest BCUT2D eigenvalue weighted by Gasteiger charge is 2.14. The van der Waals surface area contributed by atoms with Crippen LogP contribution in [0.4, 0.5) is 4.39 Å². The zero-order valence-electron chi connectivity index (χ0n) is 14.8. The number of benzene rings is 1. The minimum Gasteiger partial charge on any atom is -0.264 e. The van der Waals surface area contributed by atoms with E-state index in [9.17, 15) is 4.39 Å². The lowest BCUT2D eigenvalue weighted by Gasteiger charge is -2.05. The molecule has 0 aliphatic heterocycles. The Kier molecular flexibility index (Phi) is 5.66. The number of pyridine rings is 1. The Labute approximate surface area is 174 Å². The standard InChI is InChI=1S/C20H14ClFN4S2/c1-12-19(28-20(24-12)13-4-3-9-23-10-13)17-7-8-18(26-25-17)27-11-14-15(21)5-2-6-16(14)22/h2-10H,11H2,1H3. The number of hydrogen-bond acceptors (Lipinski definition) is 6. The van der Waals surface area contributed by atoms with Gasteiger partial charge in [-0.15, -0.1) is 21.5 Å². The van der Waals surface area contributed by atoms with E-state index >= 15 is 0 Å². The third-order valence-electron chi connectivity index (χ3n) is 4.00. The Morgan fingerprint density at radius 3 is 2.71 bits per heavy atom. The van der Waals surface area contributed by atoms with E-state index in [4.69, 9.17) is 11.6 Å². The molecule has 140 valence electrons. The van der Waals surface area contributed by atoms with Crippen LogP contribution in [0.3, 0.4) is 0 Å². The van der Waals surface area contributed by atoms with Gasteiger partial charge in [0.1, 0.15) is 21.5 Å². The van der Waals surface area contributed by atoms with Crippen molar-refractivity contribution in [3.8, 4) is 21.1 Å². The van der Waals surface area contributed by atoms with Crippen molar-refractivity contribution >= 4 is 34.7 Å². The molecule has 3 heterocycles. The quantitative estimate of drug-likeness (QED) is 0.362. The third-order valence-corrected chi connectivity index (χ3v) is 6.53. The molecule has 0 atom stereocenters. The van der Waals surface area contributed by atoms with Crippen LogP contribution in [0.2, 0.25) is 5.02 Å². The normalized spacial score (nSPS) is 11.0. The molecule has 0 unspecified atom stereocenters. The van der Waals surface area contributed by atoms with Gasteiger partial charge in [-0.1, -0.05) is 29.4 Å². The molecule has 0 saturated heterocycles. The highest BCUT2D eigenvalue weighted by atomic mass is 35.5. The molecule has 0 aliphatic carbocycles. The van der Waals surface area contributed by atoms with Crippen LogP contribution >= 0.6 is 34.7 Å². The van der Waals surface area contributed by atoms with Crippen LogP contribution in [0.5, 0.6) is 0 Å². The van der Waals surface area contributed by atoms with Gasteiger partial charge in [0.15, 0.2) is 0 Å². The van der Waals surface area contributed by atoms with Crippen LogP contribution in [-0.2, 0) is 5.75 Å². The van der Waals surface area contributed by atoms with Gasteiger partial charge in [0.25, 0.3) is 0 Å². The first-order chi connectivity index (χ1) is 13.6. The molecule has 1 aromatic carbocycles. The van der Waals surface area contributed by atoms with Gasteiger partial charge in [-0.05, 0) is 43.3 Å². The van der Waals surface area contributed by atoms with Gasteiger partial charge in [-0.3, -0.25) is 4.98 Å². The van der Waals surface area contributed by atoms with Crippen molar-refractivity contribution in [2.45, 2.75) is 17.7 Å². The smallest absolute Gasteiger partial charge is 0.128 e. The number of thiazole rings is 1. The molecule has 8 heteroatoms. The molecule has 4 aromatic rings. The number of halogens is 2. The first-order valence-corrected chi connectivity index (χ1v) is 10.6. The molecule has 0 aliphatic rings. The van der Waals surface area contributed by atoms with E-state index in [2.05, 4.69) is 20.2 Å². The predicted molar refractivity (Wildman–Crippen MR) is 112 cm³/mol. The number of nitrogens with zero attached hydrogens (tertiary/aromatic N) is 4. The number of rotatable bonds is 5. The number of thioether (sulfide) groups is 1. The minimum atomic E-state index is -0.312. The molecule has 0 fully saturated rings. The van der Waals surface area contributed by atoms with Crippen LogP contribution in [-0.4, -0.2) is 20.2 Å². The van der Waals surface area contributed by atoms with E-state index in [-0.39, 0.29) is 5.82 Å². The highest BCUT2D eigenvalue weighted by molar-refractivity contribution is 7.98. The van der Waals surface area contributed by atoms with E-state index in [0.717, 1.165) is 26.8 Å². The second kappa shape index (κ2) is 8.34. The SMILES string of the molecule is Cc1nc(-c2cccnc2)sc1-c1ccc(SCc2c(F)cccc2Cl)nn1. The summed E-state index contributed by atoms with van der Waals surface area (Å²) in [4.78, 5) is 9.74. The lowest BCUT2D eigenvalue weighted by atomic mass is 10.2. The summed E-state index contributed by atoms with van der Waals surface area (Å²) in [6.07, 6.45) is 3.53. The summed E-state index contributed by atoms with van der Waals surface area (Å²) in [6.45, 7) is 1.95. The molecular weight excluding hydrogens is 415 g/mol. The van der Waals surface area contributed by atoms with Crippen molar-refractivity contribution in [2.75, 3.05) is 0 Å². The molecule has 3 aromatic heterocycles. The summed E-state index contributed by atoms with van der Waals surface area (Å²) < 4.78 is 13.9. The van der Waals surface area contributed by atoms with Crippen LogP contribution in [0.1, 0.15) is 11.3 Å². The van der Waals surface area contributed by atoms with Crippen molar-refractivity contribution in [3.05, 3.63) is 77.0 Å². The van der Waals surface area contributed by atoms with Gasteiger partial charge in [0.05, 0.1) is 10.6 Å². The van der Waals surface area contributed by atoms with E-state index in [1.807, 2.05) is 31.2 Å². The Bertz CT molecular complexity index is 1080. The summed E-state index contributed by atoms with van der Waals surface area (Å²) >= 11 is 9.02. The average Bonchev–Trinajstić information content (AvgIpc) is 3.10. The summed E-state index contributed by atoms with van der Waals surface area (Å²) in [7, 11) is 0. The molecule has 0 bridgehead atoms. The fourth-order valence-corrected chi connectivity index (χ4v) is 4.76. The molecular formula is C20H14ClFN4S2. The topological polar surface area (TPSA) is 51.6 Å². The first-order valence-electron chi connectivity index (χ1n) is 8.39. The second-order valence-corrected chi connectivity index (χ2v) is 8.32. The van der Waals surface area contributed by atoms with Crippen LogP contribution in [0, 0.1) is 12.7 Å². The maximum Gasteiger partial charge on any atom is 0.128 e. The van der Waals surface area contributed by atoms with Crippen molar-refractivity contribution in [1.29, 1.82) is 0 Å². The zero-order chi connectivity index (χ0) is 19.5. The maximum atomic E-state index is 13.9. The van der Waals surface area contributed by atoms with Crippen molar-refractivity contribution in [3.63, 3.8) is 0 Å². The first kappa shape index (κ1) is 19.0. The summed E-state index contributed by atoms with van der Waals surface area (Å²) in [5.41, 5.74) is 3.11. The Morgan fingerprint density at radius 2 is 2.00 bits per heavy atom. The molecule has 0 amide bonds. The molecule has 4 rings (SSSR count). The summed E-state index contributed by atoms with van der Waals surface area (Å²) in [5, 5.41) is 10.6. The van der Waals surface area contributed by atoms with Gasteiger partial charge in [-0.25, -0.2) is 9.37 Å². The Balaban J connectivity index is 1.52. The van der Waals surface area contributed by atoms with Crippen molar-refractivity contribution in [2.24, 2.45) is 0 Å². The van der Waals surface area contributed by atoms with Crippen molar-refractivity contribution < 1.29 is 4.39 Å². The van der Waals surface area contributed by atoms with Crippen LogP contribution in [0.25, 0.3) is 21.1 Å². The maximum absolute atomic E-state index is 13.9. The number of hydrogen-bond donors (Lipinski definition) is 0. The lowest BCUT2D eigenvalue weighted by molar-refractivity contribution is 0.617. The second-order valence-electron chi connectivity index (χ2n) is 5.92. The van der Waals surface area contributed by atoms with Crippen molar-refractivity contribution in [1.82, 2.24) is 20.2 Å². The van der Waals surface area contributed by atoms with Gasteiger partial charge in [0, 0.05) is 34.3 Å². The van der Waals surface area contributed by atoms with Crippen LogP contribution < -0.4 is 0 Å². The fourth-order valence-electron chi connectivity index (χ4n) is 2.58. The summed E-state index contributed by atoms with van der Waals surface area (Å²) in [5.74, 6) is 0.0809. The fraction of sp³-hybridized carbons (Fsp3) is 0.100. The Morgan fingerprint density at radius 1 is 1.11 bits per heavy atom. The minimum absolute atomic E-state index is 0.312. The molecule has 4 nitrogen and oxygen atoms in total. The number of aromatic nitrogens is 4. The molecule has 28 heavy (non-hydrogen) atoms. The average molecular weight is 429 g/mol. The van der Waals surface area contributed by atoms with Gasteiger partial charge < -0.3 is 0 Å². The largest absolute Gasteiger partial charge is 0.264 e. The van der Waals surface area contributed by atoms with Crippen LogP contribution in [0.15, 0.2) is 59.9 Å². The summed E-state index contributed by atoms with van der Waals surface area (Å²) in [6, 6.07) is 12.3. The van der Waals surface area contributed by atoms with E-state index in [0.29, 0.717) is 21.4 Å². The van der Waals surface area contributed by atoms with E-state index < -0.39 is 0 Å². The highest BCUT2D eigenvalue weighted by Crippen LogP contribution is 2.34. The Hall–Kier alpha value is -2.35. The zero-order valence-corrected chi connectivity index (χ0v) is 17.2. The van der Waals surface area contributed by atoms with Gasteiger partial charge in [-0.2, -0.15) is 0 Å². The molecule has 0 N–H and O–H groups in total. The van der Waals surface area contributed by atoms with Gasteiger partial charge in [0.2, 0.25) is 0 Å². The molecule has 0 saturated carbocycles. The predicted octanol–water partition coefficient (Wildman–Crippen LogP) is 6.06. The monoisotopic (exact) mass is 428 g/mol. The lowest BCUT2D eigenvalue weighted by Crippen LogP contribution is -1.92. The third kappa shape index (κ3) is 4.06. The number of aryl methyl sites for hydroxylation is 1.